The zero-order chi connectivity index (χ0) is 14.7. The molecule has 106 valence electrons. The molecule has 1 aliphatic carbocycles. The summed E-state index contributed by atoms with van der Waals surface area (Å²) >= 11 is 0. The van der Waals surface area contributed by atoms with Crippen LogP contribution < -0.4 is 4.74 Å². The number of methoxy groups -OCH3 is 1. The Morgan fingerprint density at radius 2 is 1.81 bits per heavy atom. The Balaban J connectivity index is 1.74. The van der Waals surface area contributed by atoms with Crippen LogP contribution in [0.4, 0.5) is 0 Å². The van der Waals surface area contributed by atoms with Crippen LogP contribution in [0.2, 0.25) is 0 Å². The van der Waals surface area contributed by atoms with E-state index in [4.69, 9.17) is 4.74 Å². The van der Waals surface area contributed by atoms with Crippen LogP contribution in [0, 0.1) is 0 Å². The van der Waals surface area contributed by atoms with Gasteiger partial charge in [-0.1, -0.05) is 30.3 Å². The second-order valence-corrected chi connectivity index (χ2v) is 5.31. The van der Waals surface area contributed by atoms with Gasteiger partial charge in [-0.15, -0.1) is 0 Å². The van der Waals surface area contributed by atoms with Crippen LogP contribution in [-0.4, -0.2) is 12.9 Å². The van der Waals surface area contributed by atoms with Gasteiger partial charge < -0.3 is 4.74 Å². The molecule has 0 aromatic heterocycles. The van der Waals surface area contributed by atoms with Gasteiger partial charge >= 0.3 is 0 Å². The number of carbonyl (C=O) groups is 1. The van der Waals surface area contributed by atoms with Crippen LogP contribution in [-0.2, 0) is 12.8 Å². The number of benzene rings is 2. The van der Waals surface area contributed by atoms with Gasteiger partial charge in [-0.3, -0.25) is 4.79 Å². The number of aryl methyl sites for hydroxylation is 2. The molecule has 0 fully saturated rings. The summed E-state index contributed by atoms with van der Waals surface area (Å²) in [6.07, 6.45) is 6.92. The van der Waals surface area contributed by atoms with Crippen LogP contribution in [0.25, 0.3) is 6.08 Å². The number of rotatable bonds is 4. The number of fused-ring (bicyclic) bond motifs is 1. The van der Waals surface area contributed by atoms with E-state index in [2.05, 4.69) is 6.07 Å². The fraction of sp³-hybridized carbons (Fsp3) is 0.211. The fourth-order valence-corrected chi connectivity index (χ4v) is 2.71. The van der Waals surface area contributed by atoms with Crippen molar-refractivity contribution in [2.45, 2.75) is 19.3 Å². The normalized spacial score (nSPS) is 13.4. The van der Waals surface area contributed by atoms with Gasteiger partial charge in [0.15, 0.2) is 5.78 Å². The summed E-state index contributed by atoms with van der Waals surface area (Å²) in [5.74, 6) is 0.873. The third-order valence-corrected chi connectivity index (χ3v) is 3.93. The molecular weight excluding hydrogens is 260 g/mol. The Morgan fingerprint density at radius 3 is 2.57 bits per heavy atom. The molecule has 0 saturated heterocycles. The second-order valence-electron chi connectivity index (χ2n) is 5.31. The molecule has 2 aromatic carbocycles. The topological polar surface area (TPSA) is 26.3 Å². The summed E-state index contributed by atoms with van der Waals surface area (Å²) in [5, 5.41) is 0. The van der Waals surface area contributed by atoms with Gasteiger partial charge in [0.05, 0.1) is 7.11 Å². The highest BCUT2D eigenvalue weighted by atomic mass is 16.5. The van der Waals surface area contributed by atoms with E-state index in [9.17, 15) is 4.79 Å². The molecule has 3 rings (SSSR count). The first kappa shape index (κ1) is 13.6. The summed E-state index contributed by atoms with van der Waals surface area (Å²) in [5.41, 5.74) is 4.50. The Bertz CT molecular complexity index is 681. The van der Waals surface area contributed by atoms with E-state index in [-0.39, 0.29) is 5.78 Å². The lowest BCUT2D eigenvalue weighted by Crippen LogP contribution is -1.96. The fourth-order valence-electron chi connectivity index (χ4n) is 2.71. The lowest BCUT2D eigenvalue weighted by molar-refractivity contribution is 0.104. The van der Waals surface area contributed by atoms with Gasteiger partial charge in [0, 0.05) is 5.56 Å². The highest BCUT2D eigenvalue weighted by Crippen LogP contribution is 2.23. The SMILES string of the molecule is COc1ccc(/C=C/C(=O)c2ccc3c(c2)CCC3)cc1. The van der Waals surface area contributed by atoms with Gasteiger partial charge in [-0.25, -0.2) is 0 Å². The highest BCUT2D eigenvalue weighted by molar-refractivity contribution is 6.07. The molecule has 1 aliphatic rings. The zero-order valence-electron chi connectivity index (χ0n) is 12.1. The maximum atomic E-state index is 12.2. The average molecular weight is 278 g/mol. The van der Waals surface area contributed by atoms with Crippen LogP contribution >= 0.6 is 0 Å². The molecule has 2 nitrogen and oxygen atoms in total. The van der Waals surface area contributed by atoms with E-state index in [0.29, 0.717) is 0 Å². The van der Waals surface area contributed by atoms with Crippen molar-refractivity contribution in [2.24, 2.45) is 0 Å². The van der Waals surface area contributed by atoms with E-state index in [1.54, 1.807) is 13.2 Å². The lowest BCUT2D eigenvalue weighted by atomic mass is 10.0. The van der Waals surface area contributed by atoms with Crippen molar-refractivity contribution in [2.75, 3.05) is 7.11 Å². The minimum absolute atomic E-state index is 0.0560. The molecule has 0 N–H and O–H groups in total. The molecule has 0 aliphatic heterocycles. The minimum Gasteiger partial charge on any atom is -0.497 e. The summed E-state index contributed by atoms with van der Waals surface area (Å²) in [7, 11) is 1.64. The number of hydrogen-bond donors (Lipinski definition) is 0. The Labute approximate surface area is 125 Å². The lowest BCUT2D eigenvalue weighted by Gasteiger charge is -2.02. The quantitative estimate of drug-likeness (QED) is 0.622. The van der Waals surface area contributed by atoms with Gasteiger partial charge in [0.25, 0.3) is 0 Å². The maximum Gasteiger partial charge on any atom is 0.185 e. The van der Waals surface area contributed by atoms with E-state index >= 15 is 0 Å². The number of allylic oxidation sites excluding steroid dienone is 1. The van der Waals surface area contributed by atoms with Crippen molar-refractivity contribution < 1.29 is 9.53 Å². The summed E-state index contributed by atoms with van der Waals surface area (Å²) in [6, 6.07) is 13.7. The predicted molar refractivity (Wildman–Crippen MR) is 84.8 cm³/mol. The molecule has 2 heteroatoms. The summed E-state index contributed by atoms with van der Waals surface area (Å²) in [4.78, 5) is 12.2. The van der Waals surface area contributed by atoms with Crippen molar-refractivity contribution in [3.63, 3.8) is 0 Å². The Kier molecular flexibility index (Phi) is 3.87. The first-order valence-corrected chi connectivity index (χ1v) is 7.24. The molecule has 0 amide bonds. The molecule has 21 heavy (non-hydrogen) atoms. The van der Waals surface area contributed by atoms with Gasteiger partial charge in [-0.05, 0) is 60.2 Å². The smallest absolute Gasteiger partial charge is 0.185 e. The van der Waals surface area contributed by atoms with Gasteiger partial charge in [0.1, 0.15) is 5.75 Å². The molecule has 0 radical (unpaired) electrons. The van der Waals surface area contributed by atoms with Crippen LogP contribution in [0.5, 0.6) is 5.75 Å². The van der Waals surface area contributed by atoms with Gasteiger partial charge in [-0.2, -0.15) is 0 Å². The molecule has 0 atom stereocenters. The maximum absolute atomic E-state index is 12.2. The van der Waals surface area contributed by atoms with E-state index < -0.39 is 0 Å². The Morgan fingerprint density at radius 1 is 1.05 bits per heavy atom. The first-order valence-electron chi connectivity index (χ1n) is 7.24. The van der Waals surface area contributed by atoms with Crippen LogP contribution in [0.3, 0.4) is 0 Å². The molecular formula is C19H18O2. The van der Waals surface area contributed by atoms with Crippen molar-refractivity contribution in [1.82, 2.24) is 0 Å². The van der Waals surface area contributed by atoms with Crippen molar-refractivity contribution >= 4 is 11.9 Å². The summed E-state index contributed by atoms with van der Waals surface area (Å²) in [6.45, 7) is 0. The largest absolute Gasteiger partial charge is 0.497 e. The molecule has 0 bridgehead atoms. The Hall–Kier alpha value is -2.35. The molecule has 2 aromatic rings. The van der Waals surface area contributed by atoms with E-state index in [0.717, 1.165) is 29.7 Å². The number of ketones is 1. The summed E-state index contributed by atoms with van der Waals surface area (Å²) < 4.78 is 5.12. The van der Waals surface area contributed by atoms with Crippen molar-refractivity contribution in [3.05, 3.63) is 70.8 Å². The monoisotopic (exact) mass is 278 g/mol. The van der Waals surface area contributed by atoms with Crippen LogP contribution in [0.15, 0.2) is 48.5 Å². The highest BCUT2D eigenvalue weighted by Gasteiger charge is 2.12. The third-order valence-electron chi connectivity index (χ3n) is 3.93. The van der Waals surface area contributed by atoms with Crippen LogP contribution in [0.1, 0.15) is 33.5 Å². The molecule has 0 heterocycles. The van der Waals surface area contributed by atoms with E-state index in [1.165, 1.54) is 17.5 Å². The predicted octanol–water partition coefficient (Wildman–Crippen LogP) is 4.08. The third kappa shape index (κ3) is 3.05. The van der Waals surface area contributed by atoms with Crippen molar-refractivity contribution in [1.29, 1.82) is 0 Å². The average Bonchev–Trinajstić information content (AvgIpc) is 3.00. The molecule has 0 saturated carbocycles. The zero-order valence-corrected chi connectivity index (χ0v) is 12.1. The van der Waals surface area contributed by atoms with E-state index in [1.807, 2.05) is 42.5 Å². The first-order chi connectivity index (χ1) is 10.3. The number of ether oxygens (including phenoxy) is 1. The minimum atomic E-state index is 0.0560. The van der Waals surface area contributed by atoms with Gasteiger partial charge in [0.2, 0.25) is 0 Å². The molecule has 0 unspecified atom stereocenters. The number of carbonyl (C=O) groups excluding carboxylic acids is 1. The molecule has 0 spiro atoms. The second kappa shape index (κ2) is 5.96. The van der Waals surface area contributed by atoms with Crippen molar-refractivity contribution in [3.8, 4) is 5.75 Å². The number of hydrogen-bond acceptors (Lipinski definition) is 2. The standard InChI is InChI=1S/C19H18O2/c1-21-18-10-5-14(6-11-18)7-12-19(20)17-9-8-15-3-2-4-16(15)13-17/h5-13H,2-4H2,1H3/b12-7+.